The van der Waals surface area contributed by atoms with E-state index in [9.17, 15) is 0 Å². The largest absolute Gasteiger partial charge is 0.278 e. The van der Waals surface area contributed by atoms with E-state index >= 15 is 0 Å². The van der Waals surface area contributed by atoms with Crippen LogP contribution in [-0.2, 0) is 0 Å². The number of hydrogen-bond donors (Lipinski definition) is 1. The summed E-state index contributed by atoms with van der Waals surface area (Å²) in [6.45, 7) is 0. The number of allylic oxidation sites excluding steroid dienone is 1. The Bertz CT molecular complexity index is 788. The van der Waals surface area contributed by atoms with Gasteiger partial charge in [-0.1, -0.05) is 60.4 Å². The molecule has 100 valence electrons. The Kier molecular flexibility index (Phi) is 3.95. The van der Waals surface area contributed by atoms with Gasteiger partial charge in [-0.25, -0.2) is 0 Å². The molecule has 0 aliphatic rings. The monoisotopic (exact) mass is 270 g/mol. The van der Waals surface area contributed by atoms with Crippen molar-refractivity contribution in [2.75, 3.05) is 0 Å². The minimum atomic E-state index is 0.936. The summed E-state index contributed by atoms with van der Waals surface area (Å²) in [7, 11) is 0. The van der Waals surface area contributed by atoms with Gasteiger partial charge in [0, 0.05) is 11.1 Å². The van der Waals surface area contributed by atoms with Crippen LogP contribution in [-0.4, -0.2) is 10.2 Å². The van der Waals surface area contributed by atoms with Gasteiger partial charge in [0.1, 0.15) is 0 Å². The first-order valence-electron chi connectivity index (χ1n) is 6.76. The number of H-pyrrole nitrogens is 1. The molecule has 0 spiro atoms. The third kappa shape index (κ3) is 3.49. The van der Waals surface area contributed by atoms with Gasteiger partial charge in [-0.3, -0.25) is 5.10 Å². The molecular formula is C19H14N2. The van der Waals surface area contributed by atoms with Crippen LogP contribution in [0.1, 0.15) is 11.3 Å². The van der Waals surface area contributed by atoms with Gasteiger partial charge in [-0.2, -0.15) is 5.10 Å². The van der Waals surface area contributed by atoms with Crippen LogP contribution in [0.3, 0.4) is 0 Å². The van der Waals surface area contributed by atoms with Crippen LogP contribution in [0.4, 0.5) is 0 Å². The lowest BCUT2D eigenvalue weighted by Gasteiger charge is -1.92. The minimum absolute atomic E-state index is 0.936. The molecule has 21 heavy (non-hydrogen) atoms. The smallest absolute Gasteiger partial charge is 0.0926 e. The van der Waals surface area contributed by atoms with E-state index in [4.69, 9.17) is 0 Å². The molecule has 2 nitrogen and oxygen atoms in total. The lowest BCUT2D eigenvalue weighted by atomic mass is 10.1. The molecule has 1 aromatic heterocycles. The molecule has 0 fully saturated rings. The molecule has 3 rings (SSSR count). The van der Waals surface area contributed by atoms with Crippen LogP contribution >= 0.6 is 0 Å². The standard InChI is InChI=1S/C19H14N2/c1-3-9-16(10-4-1)11-7-8-14-18-15-19(21-20-18)17-12-5-2-6-13-17/h1-6,8-10,12-15H,(H,20,21)/b14-8+. The number of hydrogen-bond acceptors (Lipinski definition) is 1. The molecule has 2 aromatic carbocycles. The highest BCUT2D eigenvalue weighted by Gasteiger charge is 2.00. The van der Waals surface area contributed by atoms with Crippen LogP contribution in [0.5, 0.6) is 0 Å². The predicted octanol–water partition coefficient (Wildman–Crippen LogP) is 4.14. The number of nitrogens with zero attached hydrogens (tertiary/aromatic N) is 1. The molecule has 0 saturated carbocycles. The second-order valence-corrected chi connectivity index (χ2v) is 4.54. The van der Waals surface area contributed by atoms with E-state index in [1.54, 1.807) is 0 Å². The fraction of sp³-hybridized carbons (Fsp3) is 0. The van der Waals surface area contributed by atoms with Crippen LogP contribution < -0.4 is 0 Å². The quantitative estimate of drug-likeness (QED) is 0.696. The molecule has 0 radical (unpaired) electrons. The first-order valence-corrected chi connectivity index (χ1v) is 6.76. The molecular weight excluding hydrogens is 256 g/mol. The number of benzene rings is 2. The first kappa shape index (κ1) is 13.0. The number of nitrogens with one attached hydrogen (secondary N) is 1. The average molecular weight is 270 g/mol. The van der Waals surface area contributed by atoms with Crippen LogP contribution in [0, 0.1) is 11.8 Å². The van der Waals surface area contributed by atoms with Crippen molar-refractivity contribution in [3.05, 3.63) is 84.1 Å². The topological polar surface area (TPSA) is 28.7 Å². The normalized spacial score (nSPS) is 10.3. The maximum atomic E-state index is 4.30. The van der Waals surface area contributed by atoms with E-state index in [1.807, 2.05) is 78.9 Å². The lowest BCUT2D eigenvalue weighted by molar-refractivity contribution is 1.08. The molecule has 0 aliphatic heterocycles. The lowest BCUT2D eigenvalue weighted by Crippen LogP contribution is -1.75. The van der Waals surface area contributed by atoms with Crippen molar-refractivity contribution in [3.8, 4) is 23.1 Å². The summed E-state index contributed by atoms with van der Waals surface area (Å²) in [5.41, 5.74) is 3.99. The highest BCUT2D eigenvalue weighted by Crippen LogP contribution is 2.17. The van der Waals surface area contributed by atoms with E-state index < -0.39 is 0 Å². The van der Waals surface area contributed by atoms with Gasteiger partial charge in [0.2, 0.25) is 0 Å². The Morgan fingerprint density at radius 2 is 1.62 bits per heavy atom. The van der Waals surface area contributed by atoms with Crippen molar-refractivity contribution < 1.29 is 0 Å². The Labute approximate surface area is 124 Å². The van der Waals surface area contributed by atoms with Gasteiger partial charge >= 0.3 is 0 Å². The van der Waals surface area contributed by atoms with Crippen LogP contribution in [0.2, 0.25) is 0 Å². The van der Waals surface area contributed by atoms with E-state index in [0.29, 0.717) is 0 Å². The van der Waals surface area contributed by atoms with E-state index in [0.717, 1.165) is 22.5 Å². The predicted molar refractivity (Wildman–Crippen MR) is 86.4 cm³/mol. The third-order valence-electron chi connectivity index (χ3n) is 3.00. The van der Waals surface area contributed by atoms with E-state index in [-0.39, 0.29) is 0 Å². The summed E-state index contributed by atoms with van der Waals surface area (Å²) in [5, 5.41) is 7.30. The summed E-state index contributed by atoms with van der Waals surface area (Å²) in [5.74, 6) is 6.10. The number of rotatable bonds is 2. The second-order valence-electron chi connectivity index (χ2n) is 4.54. The van der Waals surface area contributed by atoms with Gasteiger partial charge in [0.05, 0.1) is 11.4 Å². The van der Waals surface area contributed by atoms with Gasteiger partial charge in [-0.05, 0) is 30.4 Å². The van der Waals surface area contributed by atoms with Crippen molar-refractivity contribution >= 4 is 6.08 Å². The van der Waals surface area contributed by atoms with Crippen molar-refractivity contribution in [1.82, 2.24) is 10.2 Å². The van der Waals surface area contributed by atoms with Crippen LogP contribution in [0.15, 0.2) is 72.8 Å². The summed E-state index contributed by atoms with van der Waals surface area (Å²) < 4.78 is 0. The maximum Gasteiger partial charge on any atom is 0.0926 e. The van der Waals surface area contributed by atoms with Crippen molar-refractivity contribution in [3.63, 3.8) is 0 Å². The van der Waals surface area contributed by atoms with Gasteiger partial charge in [-0.15, -0.1) is 0 Å². The Morgan fingerprint density at radius 1 is 0.905 bits per heavy atom. The molecule has 0 amide bonds. The minimum Gasteiger partial charge on any atom is -0.278 e. The Morgan fingerprint density at radius 3 is 2.38 bits per heavy atom. The fourth-order valence-corrected chi connectivity index (χ4v) is 1.96. The zero-order chi connectivity index (χ0) is 14.3. The van der Waals surface area contributed by atoms with Crippen molar-refractivity contribution in [1.29, 1.82) is 0 Å². The molecule has 2 heteroatoms. The Balaban J connectivity index is 1.71. The molecule has 0 aliphatic carbocycles. The first-order chi connectivity index (χ1) is 10.4. The molecule has 0 saturated heterocycles. The van der Waals surface area contributed by atoms with E-state index in [1.165, 1.54) is 0 Å². The summed E-state index contributed by atoms with van der Waals surface area (Å²) in [4.78, 5) is 0. The summed E-state index contributed by atoms with van der Waals surface area (Å²) in [6.07, 6.45) is 3.75. The van der Waals surface area contributed by atoms with Crippen LogP contribution in [0.25, 0.3) is 17.3 Å². The molecule has 0 bridgehead atoms. The van der Waals surface area contributed by atoms with E-state index in [2.05, 4.69) is 22.0 Å². The molecule has 0 atom stereocenters. The van der Waals surface area contributed by atoms with Crippen molar-refractivity contribution in [2.45, 2.75) is 0 Å². The molecule has 1 heterocycles. The van der Waals surface area contributed by atoms with Gasteiger partial charge in [0.15, 0.2) is 0 Å². The average Bonchev–Trinajstić information content (AvgIpc) is 3.02. The molecule has 3 aromatic rings. The zero-order valence-electron chi connectivity index (χ0n) is 11.5. The molecule has 1 N–H and O–H groups in total. The highest BCUT2D eigenvalue weighted by molar-refractivity contribution is 5.63. The van der Waals surface area contributed by atoms with Crippen molar-refractivity contribution in [2.24, 2.45) is 0 Å². The zero-order valence-corrected chi connectivity index (χ0v) is 11.5. The molecule has 0 unspecified atom stereocenters. The number of aromatic nitrogens is 2. The maximum absolute atomic E-state index is 4.30. The third-order valence-corrected chi connectivity index (χ3v) is 3.00. The van der Waals surface area contributed by atoms with Gasteiger partial charge < -0.3 is 0 Å². The highest BCUT2D eigenvalue weighted by atomic mass is 15.1. The SMILES string of the molecule is C(#Cc1ccccc1)/C=C/c1cc(-c2ccccc2)n[nH]1. The fourth-order valence-electron chi connectivity index (χ4n) is 1.96. The second kappa shape index (κ2) is 6.40. The van der Waals surface area contributed by atoms with Gasteiger partial charge in [0.25, 0.3) is 0 Å². The summed E-state index contributed by atoms with van der Waals surface area (Å²) >= 11 is 0. The Hall–Kier alpha value is -3.05. The summed E-state index contributed by atoms with van der Waals surface area (Å²) in [6, 6.07) is 22.0. The number of aromatic amines is 1.